The van der Waals surface area contributed by atoms with Gasteiger partial charge in [-0.15, -0.1) is 0 Å². The van der Waals surface area contributed by atoms with Gasteiger partial charge in [-0.05, 0) is 131 Å². The van der Waals surface area contributed by atoms with Crippen molar-refractivity contribution in [3.63, 3.8) is 0 Å². The van der Waals surface area contributed by atoms with E-state index in [-0.39, 0.29) is 52.5 Å². The normalized spacial score (nSPS) is 13.0. The van der Waals surface area contributed by atoms with Gasteiger partial charge in [0.2, 0.25) is 0 Å². The topological polar surface area (TPSA) is 87.3 Å². The zero-order valence-electron chi connectivity index (χ0n) is 27.9. The molecule has 4 rings (SSSR count). The van der Waals surface area contributed by atoms with Crippen molar-refractivity contribution < 1.29 is 14.4 Å². The lowest BCUT2D eigenvalue weighted by Crippen LogP contribution is -2.31. The van der Waals surface area contributed by atoms with E-state index in [0.717, 1.165) is 33.4 Å². The van der Waals surface area contributed by atoms with E-state index in [1.807, 2.05) is 98.7 Å². The Hall–Kier alpha value is -4.71. The maximum atomic E-state index is 13.6. The molecular weight excluding hydrogens is 558 g/mol. The summed E-state index contributed by atoms with van der Waals surface area (Å²) in [5.74, 6) is -1.10. The van der Waals surface area contributed by atoms with Crippen LogP contribution in [0.4, 0.5) is 0 Å². The maximum Gasteiger partial charge on any atom is 0.251 e. The SMILES string of the molecule is Cc1ccc([C@H](C)NC(=O)c2cc(C(=O)N[C@H](C)c3ccc(C)c(C)c3)cc(C(=O)N[C@H](C)c3ccc(C)c(C)c3)c2)cc1C. The van der Waals surface area contributed by atoms with Crippen molar-refractivity contribution in [2.45, 2.75) is 80.4 Å². The fourth-order valence-electron chi connectivity index (χ4n) is 5.21. The van der Waals surface area contributed by atoms with Crippen LogP contribution in [0.25, 0.3) is 0 Å². The standard InChI is InChI=1S/C39H45N3O3/c1-22-10-13-31(16-25(22)4)28(7)40-37(43)34-19-35(38(44)41-29(8)32-14-11-23(2)26(5)17-32)21-36(20-34)39(45)42-30(9)33-15-12-24(3)27(6)18-33/h10-21,28-30H,1-9H3,(H,40,43)(H,41,44)(H,42,45)/t28-,29-,30+/m1/s1. The van der Waals surface area contributed by atoms with Gasteiger partial charge in [0.25, 0.3) is 17.7 Å². The molecule has 0 bridgehead atoms. The molecule has 0 saturated heterocycles. The van der Waals surface area contributed by atoms with Gasteiger partial charge < -0.3 is 16.0 Å². The van der Waals surface area contributed by atoms with Crippen molar-refractivity contribution in [3.05, 3.63) is 140 Å². The Bertz CT molecular complexity index is 1540. The van der Waals surface area contributed by atoms with Gasteiger partial charge in [0.05, 0.1) is 18.1 Å². The second-order valence-electron chi connectivity index (χ2n) is 12.4. The molecule has 0 heterocycles. The molecule has 6 heteroatoms. The Morgan fingerprint density at radius 3 is 0.867 bits per heavy atom. The average Bonchev–Trinajstić information content (AvgIpc) is 3.00. The first kappa shape index (κ1) is 33.2. The Balaban J connectivity index is 1.63. The lowest BCUT2D eigenvalue weighted by atomic mass is 9.99. The summed E-state index contributed by atoms with van der Waals surface area (Å²) in [5, 5.41) is 9.14. The molecule has 0 fully saturated rings. The highest BCUT2D eigenvalue weighted by atomic mass is 16.2. The molecule has 0 aliphatic rings. The minimum atomic E-state index is -0.367. The summed E-state index contributed by atoms with van der Waals surface area (Å²) in [4.78, 5) is 40.7. The Kier molecular flexibility index (Phi) is 10.3. The molecule has 0 radical (unpaired) electrons. The van der Waals surface area contributed by atoms with E-state index >= 15 is 0 Å². The van der Waals surface area contributed by atoms with Gasteiger partial charge in [0.1, 0.15) is 0 Å². The Morgan fingerprint density at radius 2 is 0.644 bits per heavy atom. The lowest BCUT2D eigenvalue weighted by Gasteiger charge is -2.19. The van der Waals surface area contributed by atoms with E-state index in [1.165, 1.54) is 16.7 Å². The van der Waals surface area contributed by atoms with Crippen molar-refractivity contribution in [2.75, 3.05) is 0 Å². The molecule has 4 aromatic rings. The molecule has 0 aliphatic carbocycles. The Morgan fingerprint density at radius 1 is 0.400 bits per heavy atom. The number of benzene rings is 4. The Labute approximate surface area is 267 Å². The highest BCUT2D eigenvalue weighted by molar-refractivity contribution is 6.04. The van der Waals surface area contributed by atoms with Crippen LogP contribution in [0.15, 0.2) is 72.8 Å². The molecule has 0 aromatic heterocycles. The van der Waals surface area contributed by atoms with Crippen LogP contribution in [0.5, 0.6) is 0 Å². The van der Waals surface area contributed by atoms with E-state index in [2.05, 4.69) is 34.1 Å². The molecule has 0 spiro atoms. The van der Waals surface area contributed by atoms with Crippen molar-refractivity contribution in [3.8, 4) is 0 Å². The molecule has 0 aliphatic heterocycles. The van der Waals surface area contributed by atoms with Crippen molar-refractivity contribution >= 4 is 17.7 Å². The van der Waals surface area contributed by atoms with Crippen LogP contribution in [0, 0.1) is 41.5 Å². The highest BCUT2D eigenvalue weighted by Crippen LogP contribution is 2.22. The number of hydrogen-bond donors (Lipinski definition) is 3. The van der Waals surface area contributed by atoms with Gasteiger partial charge >= 0.3 is 0 Å². The van der Waals surface area contributed by atoms with E-state index < -0.39 is 0 Å². The largest absolute Gasteiger partial charge is 0.346 e. The van der Waals surface area contributed by atoms with Gasteiger partial charge in [-0.25, -0.2) is 0 Å². The summed E-state index contributed by atoms with van der Waals surface area (Å²) in [7, 11) is 0. The molecule has 3 atom stereocenters. The third kappa shape index (κ3) is 8.07. The summed E-state index contributed by atoms with van der Waals surface area (Å²) in [6.07, 6.45) is 0. The zero-order chi connectivity index (χ0) is 33.0. The van der Waals surface area contributed by atoms with Gasteiger partial charge in [0, 0.05) is 16.7 Å². The first-order valence-electron chi connectivity index (χ1n) is 15.5. The number of hydrogen-bond acceptors (Lipinski definition) is 3. The number of carbonyl (C=O) groups is 3. The zero-order valence-corrected chi connectivity index (χ0v) is 27.9. The first-order valence-corrected chi connectivity index (χ1v) is 15.5. The average molecular weight is 604 g/mol. The van der Waals surface area contributed by atoms with E-state index in [1.54, 1.807) is 18.2 Å². The molecule has 0 unspecified atom stereocenters. The van der Waals surface area contributed by atoms with Gasteiger partial charge in [0.15, 0.2) is 0 Å². The van der Waals surface area contributed by atoms with Crippen molar-refractivity contribution in [1.82, 2.24) is 16.0 Å². The van der Waals surface area contributed by atoms with Crippen LogP contribution in [0.3, 0.4) is 0 Å². The first-order chi connectivity index (χ1) is 21.2. The molecule has 45 heavy (non-hydrogen) atoms. The van der Waals surface area contributed by atoms with Crippen LogP contribution < -0.4 is 16.0 Å². The third-order valence-corrected chi connectivity index (χ3v) is 8.86. The van der Waals surface area contributed by atoms with Crippen LogP contribution in [0.2, 0.25) is 0 Å². The molecule has 234 valence electrons. The molecular formula is C39H45N3O3. The highest BCUT2D eigenvalue weighted by Gasteiger charge is 2.21. The molecule has 3 amide bonds. The van der Waals surface area contributed by atoms with Gasteiger partial charge in [-0.1, -0.05) is 54.6 Å². The molecule has 6 nitrogen and oxygen atoms in total. The van der Waals surface area contributed by atoms with E-state index in [9.17, 15) is 14.4 Å². The van der Waals surface area contributed by atoms with E-state index in [0.29, 0.717) is 0 Å². The number of amides is 3. The lowest BCUT2D eigenvalue weighted by molar-refractivity contribution is 0.0939. The second kappa shape index (κ2) is 13.9. The van der Waals surface area contributed by atoms with E-state index in [4.69, 9.17) is 0 Å². The number of aryl methyl sites for hydroxylation is 6. The number of nitrogens with one attached hydrogen (secondary N) is 3. The quantitative estimate of drug-likeness (QED) is 0.181. The smallest absolute Gasteiger partial charge is 0.251 e. The predicted octanol–water partition coefficient (Wildman–Crippen LogP) is 8.01. The summed E-state index contributed by atoms with van der Waals surface area (Å²) in [6, 6.07) is 22.1. The molecule has 3 N–H and O–H groups in total. The fourth-order valence-corrected chi connectivity index (χ4v) is 5.21. The van der Waals surface area contributed by atoms with Crippen molar-refractivity contribution in [2.24, 2.45) is 0 Å². The molecule has 0 saturated carbocycles. The summed E-state index contributed by atoms with van der Waals surface area (Å²) in [6.45, 7) is 18.0. The summed E-state index contributed by atoms with van der Waals surface area (Å²) >= 11 is 0. The van der Waals surface area contributed by atoms with Crippen LogP contribution in [-0.4, -0.2) is 17.7 Å². The van der Waals surface area contributed by atoms with Gasteiger partial charge in [-0.2, -0.15) is 0 Å². The monoisotopic (exact) mass is 603 g/mol. The van der Waals surface area contributed by atoms with Crippen molar-refractivity contribution in [1.29, 1.82) is 0 Å². The summed E-state index contributed by atoms with van der Waals surface area (Å²) < 4.78 is 0. The third-order valence-electron chi connectivity index (χ3n) is 8.86. The maximum absolute atomic E-state index is 13.6. The number of rotatable bonds is 9. The minimum Gasteiger partial charge on any atom is -0.346 e. The molecule has 4 aromatic carbocycles. The fraction of sp³-hybridized carbons (Fsp3) is 0.308. The number of carbonyl (C=O) groups excluding carboxylic acids is 3. The van der Waals surface area contributed by atoms with Crippen LogP contribution in [-0.2, 0) is 0 Å². The van der Waals surface area contributed by atoms with Crippen LogP contribution >= 0.6 is 0 Å². The van der Waals surface area contributed by atoms with Gasteiger partial charge in [-0.3, -0.25) is 14.4 Å². The second-order valence-corrected chi connectivity index (χ2v) is 12.4. The van der Waals surface area contributed by atoms with Crippen LogP contribution in [0.1, 0.15) is 120 Å². The minimum absolute atomic E-state index is 0.237. The predicted molar refractivity (Wildman–Crippen MR) is 182 cm³/mol. The summed E-state index contributed by atoms with van der Waals surface area (Å²) in [5.41, 5.74) is 10.6.